The molecule has 1 aliphatic heterocycles. The van der Waals surface area contributed by atoms with E-state index in [1.54, 1.807) is 24.3 Å². The van der Waals surface area contributed by atoms with Crippen LogP contribution in [0.5, 0.6) is 0 Å². The van der Waals surface area contributed by atoms with Crippen molar-refractivity contribution in [1.29, 1.82) is 5.26 Å². The Labute approximate surface area is 186 Å². The Balaban J connectivity index is 1.23. The monoisotopic (exact) mass is 429 g/mol. The standard InChI is InChI=1S/C25H24FN5O/c1-15(25(32)30-24-5-2-16(11-27)12-29-24)31-13-18-8-17(9-19(18)14-31)21-6-7-28-23-4-3-20(26)10-22(21)23/h2-7,10,12,15,17-19H,8-9,13-14H2,1H3,(H,29,30,32)/t15?,17?,18-,19+. The first-order valence-electron chi connectivity index (χ1n) is 11.0. The van der Waals surface area contributed by atoms with Crippen molar-refractivity contribution in [3.05, 3.63) is 65.7 Å². The van der Waals surface area contributed by atoms with Gasteiger partial charge >= 0.3 is 0 Å². The zero-order valence-corrected chi connectivity index (χ0v) is 17.8. The van der Waals surface area contributed by atoms with Crippen LogP contribution in [0.3, 0.4) is 0 Å². The van der Waals surface area contributed by atoms with Crippen molar-refractivity contribution in [2.24, 2.45) is 11.8 Å². The fourth-order valence-corrected chi connectivity index (χ4v) is 5.33. The Kier molecular flexibility index (Phi) is 5.32. The number of carbonyl (C=O) groups excluding carboxylic acids is 1. The summed E-state index contributed by atoms with van der Waals surface area (Å²) in [6.07, 6.45) is 5.36. The zero-order valence-electron chi connectivity index (χ0n) is 17.8. The van der Waals surface area contributed by atoms with Crippen LogP contribution in [0.25, 0.3) is 10.9 Å². The molecule has 1 aliphatic carbocycles. The minimum absolute atomic E-state index is 0.0886. The smallest absolute Gasteiger partial charge is 0.242 e. The van der Waals surface area contributed by atoms with Crippen LogP contribution in [-0.4, -0.2) is 39.9 Å². The summed E-state index contributed by atoms with van der Waals surface area (Å²) in [5.41, 5.74) is 2.49. The molecule has 0 bridgehead atoms. The van der Waals surface area contributed by atoms with E-state index in [1.807, 2.05) is 25.3 Å². The highest BCUT2D eigenvalue weighted by atomic mass is 19.1. The summed E-state index contributed by atoms with van der Waals surface area (Å²) < 4.78 is 13.9. The summed E-state index contributed by atoms with van der Waals surface area (Å²) in [6, 6.07) is 11.9. The number of anilines is 1. The van der Waals surface area contributed by atoms with Crippen molar-refractivity contribution in [2.75, 3.05) is 18.4 Å². The van der Waals surface area contributed by atoms with Gasteiger partial charge in [0, 0.05) is 30.9 Å². The van der Waals surface area contributed by atoms with Crippen LogP contribution < -0.4 is 5.32 Å². The number of carbonyl (C=O) groups is 1. The minimum Gasteiger partial charge on any atom is -0.309 e. The molecule has 2 unspecified atom stereocenters. The lowest BCUT2D eigenvalue weighted by Gasteiger charge is -2.25. The Morgan fingerprint density at radius 3 is 2.66 bits per heavy atom. The largest absolute Gasteiger partial charge is 0.309 e. The Morgan fingerprint density at radius 1 is 1.19 bits per heavy atom. The predicted molar refractivity (Wildman–Crippen MR) is 119 cm³/mol. The molecule has 2 aliphatic rings. The highest BCUT2D eigenvalue weighted by Crippen LogP contribution is 2.47. The maximum absolute atomic E-state index is 13.9. The molecule has 6 nitrogen and oxygen atoms in total. The van der Waals surface area contributed by atoms with E-state index >= 15 is 0 Å². The number of amides is 1. The molecular weight excluding hydrogens is 405 g/mol. The number of benzene rings is 1. The van der Waals surface area contributed by atoms with Crippen molar-refractivity contribution in [1.82, 2.24) is 14.9 Å². The number of nitrogens with zero attached hydrogens (tertiary/aromatic N) is 4. The van der Waals surface area contributed by atoms with Gasteiger partial charge in [0.25, 0.3) is 0 Å². The third-order valence-electron chi connectivity index (χ3n) is 7.03. The van der Waals surface area contributed by atoms with E-state index in [0.717, 1.165) is 36.8 Å². The summed E-state index contributed by atoms with van der Waals surface area (Å²) in [5, 5.41) is 12.6. The minimum atomic E-state index is -0.257. The maximum atomic E-state index is 13.9. The fourth-order valence-electron chi connectivity index (χ4n) is 5.33. The lowest BCUT2D eigenvalue weighted by atomic mass is 9.93. The van der Waals surface area contributed by atoms with E-state index in [0.29, 0.717) is 29.1 Å². The van der Waals surface area contributed by atoms with Crippen LogP contribution in [0.4, 0.5) is 10.2 Å². The number of hydrogen-bond donors (Lipinski definition) is 1. The number of pyridine rings is 2. The fraction of sp³-hybridized carbons (Fsp3) is 0.360. The lowest BCUT2D eigenvalue weighted by Crippen LogP contribution is -2.41. The molecule has 162 valence electrons. The number of likely N-dealkylation sites (tertiary alicyclic amines) is 1. The molecule has 0 radical (unpaired) electrons. The number of halogens is 1. The van der Waals surface area contributed by atoms with E-state index in [1.165, 1.54) is 17.8 Å². The van der Waals surface area contributed by atoms with Gasteiger partial charge in [0.2, 0.25) is 5.91 Å². The second-order valence-electron chi connectivity index (χ2n) is 8.91. The van der Waals surface area contributed by atoms with Crippen LogP contribution in [0.15, 0.2) is 48.8 Å². The number of nitriles is 1. The average Bonchev–Trinajstić information content (AvgIpc) is 3.38. The van der Waals surface area contributed by atoms with Crippen molar-refractivity contribution < 1.29 is 9.18 Å². The summed E-state index contributed by atoms with van der Waals surface area (Å²) >= 11 is 0. The maximum Gasteiger partial charge on any atom is 0.242 e. The number of hydrogen-bond acceptors (Lipinski definition) is 5. The van der Waals surface area contributed by atoms with E-state index in [9.17, 15) is 9.18 Å². The van der Waals surface area contributed by atoms with E-state index in [2.05, 4.69) is 20.2 Å². The first kappa shape index (κ1) is 20.5. The summed E-state index contributed by atoms with van der Waals surface area (Å²) in [5.74, 6) is 1.59. The van der Waals surface area contributed by atoms with E-state index in [-0.39, 0.29) is 17.8 Å². The molecule has 32 heavy (non-hydrogen) atoms. The zero-order chi connectivity index (χ0) is 22.2. The molecule has 1 saturated carbocycles. The first-order chi connectivity index (χ1) is 15.5. The van der Waals surface area contributed by atoms with Gasteiger partial charge in [-0.1, -0.05) is 0 Å². The number of nitrogens with one attached hydrogen (secondary N) is 1. The highest BCUT2D eigenvalue weighted by molar-refractivity contribution is 5.93. The molecular formula is C25H24FN5O. The molecule has 5 rings (SSSR count). The third-order valence-corrected chi connectivity index (χ3v) is 7.03. The second kappa shape index (κ2) is 8.29. The van der Waals surface area contributed by atoms with Gasteiger partial charge in [-0.25, -0.2) is 9.37 Å². The molecule has 3 heterocycles. The van der Waals surface area contributed by atoms with Crippen LogP contribution in [-0.2, 0) is 4.79 Å². The molecule has 1 aromatic carbocycles. The van der Waals surface area contributed by atoms with Gasteiger partial charge in [-0.05, 0) is 79.5 Å². The Bertz CT molecular complexity index is 1190. The van der Waals surface area contributed by atoms with Gasteiger partial charge in [0.05, 0.1) is 17.1 Å². The Morgan fingerprint density at radius 2 is 1.97 bits per heavy atom. The first-order valence-corrected chi connectivity index (χ1v) is 11.0. The van der Waals surface area contributed by atoms with Gasteiger partial charge in [-0.2, -0.15) is 5.26 Å². The summed E-state index contributed by atoms with van der Waals surface area (Å²) in [7, 11) is 0. The van der Waals surface area contributed by atoms with Crippen molar-refractivity contribution in [2.45, 2.75) is 31.7 Å². The predicted octanol–water partition coefficient (Wildman–Crippen LogP) is 4.09. The summed E-state index contributed by atoms with van der Waals surface area (Å²) in [4.78, 5) is 23.5. The van der Waals surface area contributed by atoms with Gasteiger partial charge < -0.3 is 5.32 Å². The normalized spacial score (nSPS) is 23.6. The molecule has 0 spiro atoms. The quantitative estimate of drug-likeness (QED) is 0.675. The van der Waals surface area contributed by atoms with Crippen LogP contribution >= 0.6 is 0 Å². The lowest BCUT2D eigenvalue weighted by molar-refractivity contribution is -0.120. The topological polar surface area (TPSA) is 81.9 Å². The van der Waals surface area contributed by atoms with Gasteiger partial charge in [-0.3, -0.25) is 14.7 Å². The summed E-state index contributed by atoms with van der Waals surface area (Å²) in [6.45, 7) is 3.69. The molecule has 3 aromatic rings. The highest BCUT2D eigenvalue weighted by Gasteiger charge is 2.43. The second-order valence-corrected chi connectivity index (χ2v) is 8.91. The number of aromatic nitrogens is 2. The number of rotatable bonds is 4. The molecule has 7 heteroatoms. The third kappa shape index (κ3) is 3.82. The van der Waals surface area contributed by atoms with Gasteiger partial charge in [0.1, 0.15) is 17.7 Å². The molecule has 1 saturated heterocycles. The molecule has 2 fully saturated rings. The average molecular weight is 429 g/mol. The van der Waals surface area contributed by atoms with Crippen molar-refractivity contribution in [3.63, 3.8) is 0 Å². The molecule has 1 amide bonds. The van der Waals surface area contributed by atoms with Crippen molar-refractivity contribution in [3.8, 4) is 6.07 Å². The van der Waals surface area contributed by atoms with Crippen LogP contribution in [0.2, 0.25) is 0 Å². The van der Waals surface area contributed by atoms with E-state index < -0.39 is 0 Å². The number of fused-ring (bicyclic) bond motifs is 2. The molecule has 4 atom stereocenters. The SMILES string of the molecule is CC(C(=O)Nc1ccc(C#N)cn1)N1C[C@H]2CC(c3ccnc4ccc(F)cc34)C[C@H]2C1. The van der Waals surface area contributed by atoms with Gasteiger partial charge in [0.15, 0.2) is 0 Å². The van der Waals surface area contributed by atoms with Crippen LogP contribution in [0.1, 0.15) is 36.8 Å². The Hall–Kier alpha value is -3.37. The van der Waals surface area contributed by atoms with E-state index in [4.69, 9.17) is 5.26 Å². The molecule has 1 N–H and O–H groups in total. The van der Waals surface area contributed by atoms with Crippen molar-refractivity contribution >= 4 is 22.6 Å². The van der Waals surface area contributed by atoms with Crippen LogP contribution in [0, 0.1) is 29.0 Å². The molecule has 2 aromatic heterocycles. The van der Waals surface area contributed by atoms with Gasteiger partial charge in [-0.15, -0.1) is 0 Å².